The summed E-state index contributed by atoms with van der Waals surface area (Å²) in [5, 5.41) is 10.8. The smallest absolute Gasteiger partial charge is 0.256 e. The molecule has 1 aliphatic rings. The zero-order valence-corrected chi connectivity index (χ0v) is 22.6. The van der Waals surface area contributed by atoms with E-state index >= 15 is 0 Å². The Morgan fingerprint density at radius 1 is 1.32 bits per heavy atom. The largest absolute Gasteiger partial charge is 0.348 e. The number of aromatic nitrogens is 2. The molecule has 0 bridgehead atoms. The SMILES string of the molecule is C=CCNC(=O)c1cnc(Nc2ccc(C3(C)CCCNC3)cc2)nc1N=C(/C=C\C)NN(C=O)C(C)C. The van der Waals surface area contributed by atoms with Crippen LogP contribution in [0.1, 0.15) is 56.5 Å². The number of amidine groups is 1. The quantitative estimate of drug-likeness (QED) is 0.117. The Morgan fingerprint density at radius 3 is 2.68 bits per heavy atom. The minimum Gasteiger partial charge on any atom is -0.348 e. The van der Waals surface area contributed by atoms with Gasteiger partial charge in [-0.15, -0.1) is 6.58 Å². The minimum atomic E-state index is -0.384. The Kier molecular flexibility index (Phi) is 10.1. The van der Waals surface area contributed by atoms with Crippen LogP contribution < -0.4 is 21.4 Å². The molecule has 1 unspecified atom stereocenters. The van der Waals surface area contributed by atoms with Gasteiger partial charge in [-0.1, -0.05) is 31.2 Å². The van der Waals surface area contributed by atoms with Crippen molar-refractivity contribution in [2.45, 2.75) is 52.0 Å². The number of allylic oxidation sites excluding steroid dienone is 1. The number of nitrogens with one attached hydrogen (secondary N) is 4. The van der Waals surface area contributed by atoms with Gasteiger partial charge in [0.2, 0.25) is 12.4 Å². The topological polar surface area (TPSA) is 124 Å². The monoisotopic (exact) mass is 518 g/mol. The number of anilines is 2. The molecule has 1 aromatic heterocycles. The van der Waals surface area contributed by atoms with Crippen molar-refractivity contribution in [1.82, 2.24) is 31.0 Å². The van der Waals surface area contributed by atoms with Gasteiger partial charge in [0.1, 0.15) is 11.4 Å². The van der Waals surface area contributed by atoms with Crippen LogP contribution in [0.25, 0.3) is 0 Å². The van der Waals surface area contributed by atoms with E-state index in [-0.39, 0.29) is 35.3 Å². The van der Waals surface area contributed by atoms with Crippen molar-refractivity contribution >= 4 is 35.6 Å². The molecule has 0 radical (unpaired) electrons. The lowest BCUT2D eigenvalue weighted by Crippen LogP contribution is -2.44. The number of amides is 2. The van der Waals surface area contributed by atoms with E-state index in [0.29, 0.717) is 18.2 Å². The lowest BCUT2D eigenvalue weighted by Gasteiger charge is -2.34. The van der Waals surface area contributed by atoms with Gasteiger partial charge in [0.15, 0.2) is 5.82 Å². The Hall–Kier alpha value is -4.05. The van der Waals surface area contributed by atoms with Crippen molar-refractivity contribution in [2.75, 3.05) is 25.0 Å². The molecule has 2 aromatic rings. The molecule has 0 spiro atoms. The highest BCUT2D eigenvalue weighted by Crippen LogP contribution is 2.31. The van der Waals surface area contributed by atoms with E-state index in [9.17, 15) is 9.59 Å². The van der Waals surface area contributed by atoms with Crippen LogP contribution in [0.3, 0.4) is 0 Å². The molecule has 2 amide bonds. The lowest BCUT2D eigenvalue weighted by atomic mass is 9.76. The van der Waals surface area contributed by atoms with Crippen molar-refractivity contribution < 1.29 is 9.59 Å². The fourth-order valence-corrected chi connectivity index (χ4v) is 4.11. The van der Waals surface area contributed by atoms with Crippen molar-refractivity contribution in [3.05, 3.63) is 66.4 Å². The first kappa shape index (κ1) is 28.5. The van der Waals surface area contributed by atoms with Crippen LogP contribution in [0.2, 0.25) is 0 Å². The van der Waals surface area contributed by atoms with E-state index < -0.39 is 0 Å². The van der Waals surface area contributed by atoms with Gasteiger partial charge in [0.05, 0.1) is 0 Å². The molecule has 0 saturated carbocycles. The average Bonchev–Trinajstić information content (AvgIpc) is 2.91. The molecule has 202 valence electrons. The van der Waals surface area contributed by atoms with E-state index in [0.717, 1.165) is 31.6 Å². The third-order valence-corrected chi connectivity index (χ3v) is 6.32. The van der Waals surface area contributed by atoms with Crippen molar-refractivity contribution in [1.29, 1.82) is 0 Å². The van der Waals surface area contributed by atoms with Crippen molar-refractivity contribution in [3.8, 4) is 0 Å². The maximum absolute atomic E-state index is 12.8. The number of benzene rings is 1. The molecule has 10 heteroatoms. The second-order valence-corrected chi connectivity index (χ2v) is 9.69. The summed E-state index contributed by atoms with van der Waals surface area (Å²) < 4.78 is 0. The van der Waals surface area contributed by atoms with Gasteiger partial charge in [-0.05, 0) is 63.9 Å². The van der Waals surface area contributed by atoms with Crippen LogP contribution in [0.4, 0.5) is 17.5 Å². The van der Waals surface area contributed by atoms with E-state index in [1.54, 1.807) is 18.2 Å². The first-order chi connectivity index (χ1) is 18.3. The standard InChI is InChI=1S/C28H38N8O2/c1-6-9-24(35-36(19-37)20(3)4)33-25-23(26(38)30-15-7-2)17-31-27(34-25)32-22-12-10-21(11-13-22)28(5)14-8-16-29-18-28/h6-7,9-13,17,19-20,29H,2,8,14-16,18H2,1,3-5H3,(H,30,38)(H2,31,32,33,34,35)/b9-6-. The molecule has 10 nitrogen and oxygen atoms in total. The van der Waals surface area contributed by atoms with Gasteiger partial charge in [-0.2, -0.15) is 4.98 Å². The van der Waals surface area contributed by atoms with Crippen LogP contribution in [0, 0.1) is 0 Å². The molecule has 1 fully saturated rings. The van der Waals surface area contributed by atoms with E-state index in [2.05, 4.69) is 62.0 Å². The van der Waals surface area contributed by atoms with Gasteiger partial charge in [0.25, 0.3) is 5.91 Å². The summed E-state index contributed by atoms with van der Waals surface area (Å²) in [6, 6.07) is 8.14. The number of carbonyl (C=O) groups excluding carboxylic acids is 2. The summed E-state index contributed by atoms with van der Waals surface area (Å²) in [6.45, 7) is 13.8. The third-order valence-electron chi connectivity index (χ3n) is 6.32. The van der Waals surface area contributed by atoms with Crippen molar-refractivity contribution in [3.63, 3.8) is 0 Å². The van der Waals surface area contributed by atoms with Crippen LogP contribution in [0.5, 0.6) is 0 Å². The zero-order valence-electron chi connectivity index (χ0n) is 22.6. The molecular formula is C28H38N8O2. The number of piperidine rings is 1. The van der Waals surface area contributed by atoms with E-state index in [1.165, 1.54) is 16.8 Å². The Labute approximate surface area is 224 Å². The number of carbonyl (C=O) groups is 2. The Morgan fingerprint density at radius 2 is 2.08 bits per heavy atom. The highest BCUT2D eigenvalue weighted by Gasteiger charge is 2.28. The van der Waals surface area contributed by atoms with Crippen molar-refractivity contribution in [2.24, 2.45) is 4.99 Å². The predicted octanol–water partition coefficient (Wildman–Crippen LogP) is 3.75. The zero-order chi connectivity index (χ0) is 27.5. The number of nitrogens with zero attached hydrogens (tertiary/aromatic N) is 4. The molecule has 1 aromatic carbocycles. The molecule has 4 N–H and O–H groups in total. The summed E-state index contributed by atoms with van der Waals surface area (Å²) >= 11 is 0. The Balaban J connectivity index is 1.92. The van der Waals surface area contributed by atoms with Crippen LogP contribution in [-0.2, 0) is 10.2 Å². The fraction of sp³-hybridized carbons (Fsp3) is 0.393. The highest BCUT2D eigenvalue weighted by atomic mass is 16.2. The summed E-state index contributed by atoms with van der Waals surface area (Å²) in [5.41, 5.74) is 5.36. The first-order valence-electron chi connectivity index (χ1n) is 12.9. The van der Waals surface area contributed by atoms with Gasteiger partial charge in [-0.25, -0.2) is 9.98 Å². The second-order valence-electron chi connectivity index (χ2n) is 9.69. The fourth-order valence-electron chi connectivity index (χ4n) is 4.11. The predicted molar refractivity (Wildman–Crippen MR) is 152 cm³/mol. The minimum absolute atomic E-state index is 0.108. The third kappa shape index (κ3) is 7.48. The molecule has 3 rings (SSSR count). The first-order valence-corrected chi connectivity index (χ1v) is 12.9. The van der Waals surface area contributed by atoms with Crippen LogP contribution >= 0.6 is 0 Å². The van der Waals surface area contributed by atoms with Crippen LogP contribution in [0.15, 0.2) is 60.3 Å². The average molecular weight is 519 g/mol. The van der Waals surface area contributed by atoms with Gasteiger partial charge < -0.3 is 16.0 Å². The summed E-state index contributed by atoms with van der Waals surface area (Å²) in [6.07, 6.45) is 9.47. The molecule has 1 atom stereocenters. The molecule has 1 aliphatic heterocycles. The number of hydrogen-bond donors (Lipinski definition) is 4. The lowest BCUT2D eigenvalue weighted by molar-refractivity contribution is -0.121. The van der Waals surface area contributed by atoms with E-state index in [4.69, 9.17) is 0 Å². The Bertz CT molecular complexity index is 1170. The molecule has 2 heterocycles. The maximum atomic E-state index is 12.8. The summed E-state index contributed by atoms with van der Waals surface area (Å²) in [4.78, 5) is 37.8. The molecule has 38 heavy (non-hydrogen) atoms. The maximum Gasteiger partial charge on any atom is 0.256 e. The van der Waals surface area contributed by atoms with Gasteiger partial charge in [0, 0.05) is 36.4 Å². The molecule has 0 aliphatic carbocycles. The number of aliphatic imine (C=N–C) groups is 1. The molecule has 1 saturated heterocycles. The second kappa shape index (κ2) is 13.5. The van der Waals surface area contributed by atoms with Crippen LogP contribution in [-0.4, -0.2) is 58.8 Å². The summed E-state index contributed by atoms with van der Waals surface area (Å²) in [5.74, 6) is 0.397. The number of hydrogen-bond acceptors (Lipinski definition) is 7. The number of rotatable bonds is 11. The normalized spacial score (nSPS) is 17.8. The van der Waals surface area contributed by atoms with E-state index in [1.807, 2.05) is 32.9 Å². The highest BCUT2D eigenvalue weighted by molar-refractivity contribution is 6.01. The number of hydrazine groups is 1. The van der Waals surface area contributed by atoms with Gasteiger partial charge >= 0.3 is 0 Å². The molecular weight excluding hydrogens is 480 g/mol. The van der Waals surface area contributed by atoms with Gasteiger partial charge in [-0.3, -0.25) is 20.0 Å². The summed E-state index contributed by atoms with van der Waals surface area (Å²) in [7, 11) is 0.